The number of hydrazone groups is 1. The first kappa shape index (κ1) is 19.5. The Morgan fingerprint density at radius 3 is 2.52 bits per heavy atom. The van der Waals surface area contributed by atoms with Crippen LogP contribution in [0, 0.1) is 10.1 Å². The number of nitro benzene ring substituents is 1. The number of carbonyl (C=O) groups excluding carboxylic acids is 1. The lowest BCUT2D eigenvalue weighted by Gasteiger charge is -2.10. The van der Waals surface area contributed by atoms with Gasteiger partial charge in [0.2, 0.25) is 0 Å². The van der Waals surface area contributed by atoms with E-state index in [0.29, 0.717) is 5.56 Å². The third kappa shape index (κ3) is 5.91. The minimum Gasteiger partial charge on any atom is -0.374 e. The molecule has 0 heterocycles. The number of amides is 1. The summed E-state index contributed by atoms with van der Waals surface area (Å²) in [7, 11) is 0. The molecule has 0 aromatic heterocycles. The summed E-state index contributed by atoms with van der Waals surface area (Å²) in [6.45, 7) is 0.00507. The first-order valence-corrected chi connectivity index (χ1v) is 9.19. The number of rotatable bonds is 6. The quantitative estimate of drug-likeness (QED) is 0.325. The number of nitrogens with zero attached hydrogens (tertiary/aromatic N) is 2. The highest BCUT2D eigenvalue weighted by molar-refractivity contribution is 9.11. The van der Waals surface area contributed by atoms with E-state index in [2.05, 4.69) is 63.6 Å². The summed E-state index contributed by atoms with van der Waals surface area (Å²) < 4.78 is 2.48. The van der Waals surface area contributed by atoms with Crippen molar-refractivity contribution in [3.8, 4) is 0 Å². The second-order valence-corrected chi connectivity index (χ2v) is 7.37. The zero-order valence-corrected chi connectivity index (χ0v) is 17.3. The first-order chi connectivity index (χ1) is 11.9. The molecule has 0 radical (unpaired) electrons. The fraction of sp³-hybridized carbons (Fsp3) is 0.0667. The van der Waals surface area contributed by atoms with E-state index in [4.69, 9.17) is 0 Å². The molecule has 7 nitrogen and oxygen atoms in total. The summed E-state index contributed by atoms with van der Waals surface area (Å²) in [4.78, 5) is 22.0. The van der Waals surface area contributed by atoms with Crippen molar-refractivity contribution in [1.29, 1.82) is 0 Å². The van der Waals surface area contributed by atoms with Crippen molar-refractivity contribution in [2.75, 3.05) is 11.9 Å². The van der Waals surface area contributed by atoms with Gasteiger partial charge in [0, 0.05) is 31.1 Å². The van der Waals surface area contributed by atoms with Crippen LogP contribution in [0.1, 0.15) is 5.56 Å². The molecule has 25 heavy (non-hydrogen) atoms. The van der Waals surface area contributed by atoms with Gasteiger partial charge in [-0.2, -0.15) is 5.10 Å². The van der Waals surface area contributed by atoms with E-state index in [0.717, 1.165) is 19.1 Å². The smallest absolute Gasteiger partial charge is 0.270 e. The van der Waals surface area contributed by atoms with Gasteiger partial charge in [-0.05, 0) is 44.0 Å². The topological polar surface area (TPSA) is 96.6 Å². The van der Waals surface area contributed by atoms with Crippen LogP contribution < -0.4 is 10.7 Å². The number of non-ortho nitro benzene ring substituents is 1. The zero-order chi connectivity index (χ0) is 18.4. The molecule has 0 spiro atoms. The Labute approximate surface area is 168 Å². The highest BCUT2D eigenvalue weighted by Gasteiger charge is 2.08. The lowest BCUT2D eigenvalue weighted by molar-refractivity contribution is -0.384. The summed E-state index contributed by atoms with van der Waals surface area (Å²) in [5.74, 6) is -0.358. The molecular weight excluding hydrogens is 524 g/mol. The average Bonchev–Trinajstić information content (AvgIpc) is 2.54. The number of benzene rings is 2. The van der Waals surface area contributed by atoms with Crippen LogP contribution in [-0.2, 0) is 4.79 Å². The SMILES string of the molecule is O=C(CNc1c(Br)cc(Br)cc1Br)NN=Cc1cccc([N+](=O)[O-])c1. The average molecular weight is 535 g/mol. The van der Waals surface area contributed by atoms with Gasteiger partial charge >= 0.3 is 0 Å². The van der Waals surface area contributed by atoms with Crippen LogP contribution in [0.4, 0.5) is 11.4 Å². The largest absolute Gasteiger partial charge is 0.374 e. The van der Waals surface area contributed by atoms with Crippen LogP contribution in [-0.4, -0.2) is 23.6 Å². The number of hydrogen-bond acceptors (Lipinski definition) is 5. The van der Waals surface area contributed by atoms with Gasteiger partial charge in [0.15, 0.2) is 0 Å². The maximum atomic E-state index is 11.8. The molecule has 0 bridgehead atoms. The highest BCUT2D eigenvalue weighted by atomic mass is 79.9. The molecule has 0 unspecified atom stereocenters. The summed E-state index contributed by atoms with van der Waals surface area (Å²) in [5.41, 5.74) is 3.57. The normalized spacial score (nSPS) is 10.7. The molecule has 0 atom stereocenters. The first-order valence-electron chi connectivity index (χ1n) is 6.81. The van der Waals surface area contributed by atoms with E-state index in [-0.39, 0.29) is 18.1 Å². The predicted octanol–water partition coefficient (Wildman–Crippen LogP) is 4.44. The van der Waals surface area contributed by atoms with Crippen molar-refractivity contribution < 1.29 is 9.72 Å². The van der Waals surface area contributed by atoms with E-state index in [1.165, 1.54) is 18.3 Å². The lowest BCUT2D eigenvalue weighted by Crippen LogP contribution is -2.26. The van der Waals surface area contributed by atoms with Crippen LogP contribution in [0.2, 0.25) is 0 Å². The third-order valence-corrected chi connectivity index (χ3v) is 4.63. The number of anilines is 1. The maximum Gasteiger partial charge on any atom is 0.270 e. The van der Waals surface area contributed by atoms with Crippen LogP contribution in [0.5, 0.6) is 0 Å². The van der Waals surface area contributed by atoms with Crippen molar-refractivity contribution >= 4 is 71.3 Å². The Balaban J connectivity index is 1.91. The van der Waals surface area contributed by atoms with Gasteiger partial charge < -0.3 is 5.32 Å². The molecule has 0 aliphatic carbocycles. The minimum absolute atomic E-state index is 0.00507. The molecule has 0 saturated carbocycles. The summed E-state index contributed by atoms with van der Waals surface area (Å²) >= 11 is 10.2. The summed E-state index contributed by atoms with van der Waals surface area (Å²) in [5, 5.41) is 17.5. The monoisotopic (exact) mass is 532 g/mol. The van der Waals surface area contributed by atoms with Crippen molar-refractivity contribution in [3.05, 3.63) is 65.5 Å². The Morgan fingerprint density at radius 1 is 1.20 bits per heavy atom. The van der Waals surface area contributed by atoms with Crippen LogP contribution >= 0.6 is 47.8 Å². The Bertz CT molecular complexity index is 820. The highest BCUT2D eigenvalue weighted by Crippen LogP contribution is 2.34. The Kier molecular flexibility index (Phi) is 7.09. The van der Waals surface area contributed by atoms with Gasteiger partial charge in [-0.3, -0.25) is 14.9 Å². The van der Waals surface area contributed by atoms with Gasteiger partial charge in [0.1, 0.15) is 0 Å². The number of halogens is 3. The Morgan fingerprint density at radius 2 is 1.88 bits per heavy atom. The van der Waals surface area contributed by atoms with E-state index in [9.17, 15) is 14.9 Å². The number of nitro groups is 1. The van der Waals surface area contributed by atoms with Gasteiger partial charge in [-0.25, -0.2) is 5.43 Å². The maximum absolute atomic E-state index is 11.8. The molecule has 2 aromatic carbocycles. The zero-order valence-electron chi connectivity index (χ0n) is 12.5. The summed E-state index contributed by atoms with van der Waals surface area (Å²) in [6, 6.07) is 9.65. The minimum atomic E-state index is -0.492. The van der Waals surface area contributed by atoms with Gasteiger partial charge in [-0.1, -0.05) is 28.1 Å². The number of hydrogen-bond donors (Lipinski definition) is 2. The fourth-order valence-electron chi connectivity index (χ4n) is 1.82. The van der Waals surface area contributed by atoms with Crippen molar-refractivity contribution in [1.82, 2.24) is 5.43 Å². The van der Waals surface area contributed by atoms with Gasteiger partial charge in [-0.15, -0.1) is 0 Å². The molecule has 2 aromatic rings. The van der Waals surface area contributed by atoms with E-state index in [1.807, 2.05) is 12.1 Å². The number of carbonyl (C=O) groups is 1. The molecule has 2 rings (SSSR count). The van der Waals surface area contributed by atoms with Crippen molar-refractivity contribution in [2.24, 2.45) is 5.10 Å². The molecule has 1 amide bonds. The number of nitrogens with one attached hydrogen (secondary N) is 2. The molecule has 2 N–H and O–H groups in total. The van der Waals surface area contributed by atoms with Crippen molar-refractivity contribution in [3.63, 3.8) is 0 Å². The molecule has 0 aliphatic rings. The lowest BCUT2D eigenvalue weighted by atomic mass is 10.2. The van der Waals surface area contributed by atoms with E-state index in [1.54, 1.807) is 12.1 Å². The molecular formula is C15H11Br3N4O3. The van der Waals surface area contributed by atoms with Gasteiger partial charge in [0.05, 0.1) is 23.4 Å². The molecule has 0 saturated heterocycles. The third-order valence-electron chi connectivity index (χ3n) is 2.92. The van der Waals surface area contributed by atoms with Gasteiger partial charge in [0.25, 0.3) is 11.6 Å². The van der Waals surface area contributed by atoms with E-state index < -0.39 is 4.92 Å². The van der Waals surface area contributed by atoms with Crippen LogP contribution in [0.3, 0.4) is 0 Å². The predicted molar refractivity (Wildman–Crippen MR) is 107 cm³/mol. The standard InChI is InChI=1S/C15H11Br3N4O3/c16-10-5-12(17)15(13(18)6-10)19-8-14(23)21-20-7-9-2-1-3-11(4-9)22(24)25/h1-7,19H,8H2,(H,21,23). The summed E-state index contributed by atoms with van der Waals surface area (Å²) in [6.07, 6.45) is 1.34. The fourth-order valence-corrected chi connectivity index (χ4v) is 4.36. The van der Waals surface area contributed by atoms with Crippen LogP contribution in [0.15, 0.2) is 54.9 Å². The molecule has 130 valence electrons. The van der Waals surface area contributed by atoms with Crippen molar-refractivity contribution in [2.45, 2.75) is 0 Å². The Hall–Kier alpha value is -1.78. The van der Waals surface area contributed by atoms with E-state index >= 15 is 0 Å². The molecule has 0 aliphatic heterocycles. The van der Waals surface area contributed by atoms with Crippen LogP contribution in [0.25, 0.3) is 0 Å². The second kappa shape index (κ2) is 9.07. The molecule has 10 heteroatoms. The second-order valence-electron chi connectivity index (χ2n) is 4.74. The molecule has 0 fully saturated rings.